The first-order chi connectivity index (χ1) is 21.1. The van der Waals surface area contributed by atoms with E-state index in [4.69, 9.17) is 11.5 Å². The molecule has 0 spiro atoms. The molecule has 0 aliphatic rings. The lowest BCUT2D eigenvalue weighted by atomic mass is 10.0. The van der Waals surface area contributed by atoms with Gasteiger partial charge in [-0.1, -0.05) is 36.4 Å². The largest absolute Gasteiger partial charge is 0.480 e. The summed E-state index contributed by atoms with van der Waals surface area (Å²) in [5.74, 6) is -4.39. The SMILES string of the molecule is NC(=O)CCC(NC(=O)C(Cc1c[nH]c2ccccc12)NC(=O)C(N)Cc1c[nH]c2ccccc12)C(=O)NC(CS)C(=O)O. The molecule has 13 nitrogen and oxygen atoms in total. The fourth-order valence-corrected chi connectivity index (χ4v) is 5.17. The van der Waals surface area contributed by atoms with Crippen molar-refractivity contribution in [2.75, 3.05) is 5.75 Å². The van der Waals surface area contributed by atoms with Gasteiger partial charge in [0.1, 0.15) is 18.1 Å². The summed E-state index contributed by atoms with van der Waals surface area (Å²) < 4.78 is 0. The van der Waals surface area contributed by atoms with Crippen molar-refractivity contribution in [3.8, 4) is 0 Å². The zero-order valence-corrected chi connectivity index (χ0v) is 24.6. The van der Waals surface area contributed by atoms with Crippen LogP contribution in [-0.4, -0.2) is 74.6 Å². The van der Waals surface area contributed by atoms with Crippen molar-refractivity contribution < 1.29 is 29.1 Å². The second-order valence-electron chi connectivity index (χ2n) is 10.4. The molecule has 4 atom stereocenters. The number of H-pyrrole nitrogens is 2. The number of amides is 4. The Bertz CT molecular complexity index is 1670. The lowest BCUT2D eigenvalue weighted by molar-refractivity contribution is -0.141. The maximum atomic E-state index is 13.7. The van der Waals surface area contributed by atoms with Crippen molar-refractivity contribution in [1.29, 1.82) is 0 Å². The summed E-state index contributed by atoms with van der Waals surface area (Å²) in [5.41, 5.74) is 14.9. The van der Waals surface area contributed by atoms with E-state index in [1.165, 1.54) is 0 Å². The van der Waals surface area contributed by atoms with E-state index in [0.717, 1.165) is 32.9 Å². The third-order valence-electron chi connectivity index (χ3n) is 7.29. The Labute approximate surface area is 257 Å². The number of nitrogens with one attached hydrogen (secondary N) is 5. The van der Waals surface area contributed by atoms with Gasteiger partial charge in [-0.3, -0.25) is 19.2 Å². The van der Waals surface area contributed by atoms with Gasteiger partial charge >= 0.3 is 5.97 Å². The molecule has 232 valence electrons. The van der Waals surface area contributed by atoms with Crippen molar-refractivity contribution in [3.05, 3.63) is 72.1 Å². The first-order valence-corrected chi connectivity index (χ1v) is 14.6. The Hall–Kier alpha value is -4.82. The van der Waals surface area contributed by atoms with Gasteiger partial charge in [-0.15, -0.1) is 0 Å². The molecule has 10 N–H and O–H groups in total. The van der Waals surface area contributed by atoms with E-state index in [2.05, 4.69) is 38.5 Å². The number of para-hydroxylation sites is 2. The zero-order chi connectivity index (χ0) is 31.8. The van der Waals surface area contributed by atoms with Crippen LogP contribution in [0.4, 0.5) is 0 Å². The quantitative estimate of drug-likeness (QED) is 0.0853. The molecule has 44 heavy (non-hydrogen) atoms. The number of aromatic amines is 2. The van der Waals surface area contributed by atoms with E-state index in [1.54, 1.807) is 12.4 Å². The van der Waals surface area contributed by atoms with Crippen molar-refractivity contribution in [2.45, 2.75) is 49.9 Å². The van der Waals surface area contributed by atoms with Crippen molar-refractivity contribution in [3.63, 3.8) is 0 Å². The average Bonchev–Trinajstić information content (AvgIpc) is 3.61. The van der Waals surface area contributed by atoms with Gasteiger partial charge in [0.25, 0.3) is 0 Å². The van der Waals surface area contributed by atoms with Gasteiger partial charge in [-0.25, -0.2) is 4.79 Å². The van der Waals surface area contributed by atoms with Gasteiger partial charge in [-0.05, 0) is 36.1 Å². The number of fused-ring (bicyclic) bond motifs is 2. The average molecular weight is 622 g/mol. The smallest absolute Gasteiger partial charge is 0.327 e. The number of rotatable bonds is 15. The van der Waals surface area contributed by atoms with E-state index < -0.39 is 53.8 Å². The van der Waals surface area contributed by atoms with Gasteiger partial charge < -0.3 is 42.5 Å². The normalized spacial score (nSPS) is 14.0. The molecule has 14 heteroatoms. The fraction of sp³-hybridized carbons (Fsp3) is 0.300. The molecule has 0 radical (unpaired) electrons. The third kappa shape index (κ3) is 7.96. The highest BCUT2D eigenvalue weighted by Crippen LogP contribution is 2.21. The van der Waals surface area contributed by atoms with E-state index >= 15 is 0 Å². The number of nitrogens with two attached hydrogens (primary N) is 2. The highest BCUT2D eigenvalue weighted by Gasteiger charge is 2.31. The Morgan fingerprint density at radius 1 is 0.750 bits per heavy atom. The molecule has 0 aliphatic carbocycles. The number of carboxylic acid groups (broad SMARTS) is 1. The summed E-state index contributed by atoms with van der Waals surface area (Å²) in [5, 5.41) is 18.7. The number of benzene rings is 2. The van der Waals surface area contributed by atoms with Crippen LogP contribution in [0.1, 0.15) is 24.0 Å². The molecule has 2 heterocycles. The molecule has 4 aromatic rings. The summed E-state index contributed by atoms with van der Waals surface area (Å²) in [6.45, 7) is 0. The van der Waals surface area contributed by atoms with Crippen LogP contribution in [0.25, 0.3) is 21.8 Å². The van der Waals surface area contributed by atoms with Crippen LogP contribution in [0.3, 0.4) is 0 Å². The molecule has 0 saturated heterocycles. The number of primary amides is 1. The van der Waals surface area contributed by atoms with Crippen molar-refractivity contribution >= 4 is 64.0 Å². The molecule has 0 bridgehead atoms. The number of aliphatic carboxylic acids is 1. The molecule has 4 rings (SSSR count). The number of hydrogen-bond acceptors (Lipinski definition) is 7. The lowest BCUT2D eigenvalue weighted by Crippen LogP contribution is -2.58. The molecule has 4 unspecified atom stereocenters. The number of carboxylic acids is 1. The minimum absolute atomic E-state index is 0.0416. The summed E-state index contributed by atoms with van der Waals surface area (Å²) in [6.07, 6.45) is 3.29. The maximum absolute atomic E-state index is 13.7. The second kappa shape index (κ2) is 14.6. The molecule has 0 aliphatic heterocycles. The van der Waals surface area contributed by atoms with Crippen molar-refractivity contribution in [1.82, 2.24) is 25.9 Å². The topological polar surface area (TPSA) is 225 Å². The van der Waals surface area contributed by atoms with Crippen LogP contribution >= 0.6 is 12.6 Å². The Morgan fingerprint density at radius 2 is 1.25 bits per heavy atom. The fourth-order valence-electron chi connectivity index (χ4n) is 4.92. The van der Waals surface area contributed by atoms with E-state index in [0.29, 0.717) is 0 Å². The second-order valence-corrected chi connectivity index (χ2v) is 10.8. The number of carbonyl (C=O) groups is 5. The van der Waals surface area contributed by atoms with Gasteiger partial charge in [0.15, 0.2) is 0 Å². The summed E-state index contributed by atoms with van der Waals surface area (Å²) >= 11 is 3.95. The van der Waals surface area contributed by atoms with E-state index in [-0.39, 0.29) is 31.4 Å². The summed E-state index contributed by atoms with van der Waals surface area (Å²) in [6, 6.07) is 10.2. The van der Waals surface area contributed by atoms with Crippen LogP contribution < -0.4 is 27.4 Å². The van der Waals surface area contributed by atoms with Gasteiger partial charge in [-0.2, -0.15) is 12.6 Å². The highest BCUT2D eigenvalue weighted by molar-refractivity contribution is 7.80. The van der Waals surface area contributed by atoms with Crippen LogP contribution in [0.5, 0.6) is 0 Å². The standard InChI is InChI=1S/C30H35N7O6S/c31-20(11-16-13-33-21-7-3-1-5-18(16)21)27(39)36-24(12-17-14-34-22-8-4-2-6-19(17)22)29(41)35-23(9-10-26(32)38)28(40)37-25(15-44)30(42)43/h1-8,13-14,20,23-25,33-34,44H,9-12,15,31H2,(H2,32,38)(H,35,41)(H,36,39)(H,37,40)(H,42,43). The number of carbonyl (C=O) groups excluding carboxylic acids is 4. The highest BCUT2D eigenvalue weighted by atomic mass is 32.1. The molecule has 0 saturated carbocycles. The van der Waals surface area contributed by atoms with Gasteiger partial charge in [0, 0.05) is 52.8 Å². The van der Waals surface area contributed by atoms with Crippen LogP contribution in [-0.2, 0) is 36.8 Å². The predicted octanol–water partition coefficient (Wildman–Crippen LogP) is 0.496. The third-order valence-corrected chi connectivity index (χ3v) is 7.66. The van der Waals surface area contributed by atoms with Gasteiger partial charge in [0.2, 0.25) is 23.6 Å². The monoisotopic (exact) mass is 621 g/mol. The number of hydrogen-bond donors (Lipinski definition) is 9. The lowest BCUT2D eigenvalue weighted by Gasteiger charge is -2.25. The Balaban J connectivity index is 1.56. The minimum atomic E-state index is -1.33. The molecular weight excluding hydrogens is 586 g/mol. The predicted molar refractivity (Wildman–Crippen MR) is 168 cm³/mol. The maximum Gasteiger partial charge on any atom is 0.327 e. The van der Waals surface area contributed by atoms with Crippen LogP contribution in [0.2, 0.25) is 0 Å². The van der Waals surface area contributed by atoms with Crippen LogP contribution in [0.15, 0.2) is 60.9 Å². The summed E-state index contributed by atoms with van der Waals surface area (Å²) in [7, 11) is 0. The Kier molecular flexibility index (Phi) is 10.6. The Morgan fingerprint density at radius 3 is 1.80 bits per heavy atom. The van der Waals surface area contributed by atoms with Gasteiger partial charge in [0.05, 0.1) is 6.04 Å². The number of thiol groups is 1. The first-order valence-electron chi connectivity index (χ1n) is 14.0. The zero-order valence-electron chi connectivity index (χ0n) is 23.7. The van der Waals surface area contributed by atoms with Crippen LogP contribution in [0, 0.1) is 0 Å². The minimum Gasteiger partial charge on any atom is -0.480 e. The first kappa shape index (κ1) is 32.1. The molecule has 2 aromatic carbocycles. The van der Waals surface area contributed by atoms with E-state index in [9.17, 15) is 29.1 Å². The van der Waals surface area contributed by atoms with Crippen molar-refractivity contribution in [2.24, 2.45) is 11.5 Å². The molecule has 2 aromatic heterocycles. The molecule has 4 amide bonds. The number of aromatic nitrogens is 2. The molecular formula is C30H35N7O6S. The molecule has 0 fully saturated rings. The van der Waals surface area contributed by atoms with E-state index in [1.807, 2.05) is 48.5 Å². The summed E-state index contributed by atoms with van der Waals surface area (Å²) in [4.78, 5) is 69.3.